The van der Waals surface area contributed by atoms with Gasteiger partial charge in [-0.15, -0.1) is 24.0 Å². The second-order valence-corrected chi connectivity index (χ2v) is 8.33. The van der Waals surface area contributed by atoms with Gasteiger partial charge in [0.2, 0.25) is 0 Å². The number of ether oxygens (including phenoxy) is 1. The Hall–Kier alpha value is -1.16. The van der Waals surface area contributed by atoms with Gasteiger partial charge in [-0.05, 0) is 37.0 Å². The molecular weight excluding hydrogens is 487 g/mol. The lowest BCUT2D eigenvalue weighted by Crippen LogP contribution is -2.49. The molecule has 6 nitrogen and oxygen atoms in total. The third-order valence-corrected chi connectivity index (χ3v) is 5.98. The Morgan fingerprint density at radius 1 is 1.39 bits per heavy atom. The van der Waals surface area contributed by atoms with E-state index in [1.165, 1.54) is 5.56 Å². The molecule has 8 heteroatoms. The standard InChI is InChI=1S/C20H32N4O2S.HI/c1-4-22-20(24-11-12-27-18(13-24)15(2)3)23-10-9-16-5-7-17(8-6-16)26-14-19(21)25;/h5-8,15,18H,4,9-14H2,1-3H3,(H2,21,25)(H,22,23);1H. The molecule has 1 aliphatic rings. The van der Waals surface area contributed by atoms with Gasteiger partial charge in [0.25, 0.3) is 5.91 Å². The van der Waals surface area contributed by atoms with Crippen LogP contribution in [0, 0.1) is 5.92 Å². The van der Waals surface area contributed by atoms with E-state index in [4.69, 9.17) is 15.5 Å². The molecule has 1 unspecified atom stereocenters. The van der Waals surface area contributed by atoms with Crippen molar-refractivity contribution in [2.24, 2.45) is 16.6 Å². The van der Waals surface area contributed by atoms with E-state index in [2.05, 4.69) is 42.7 Å². The summed E-state index contributed by atoms with van der Waals surface area (Å²) in [5.41, 5.74) is 6.28. The fourth-order valence-corrected chi connectivity index (χ4v) is 4.19. The predicted octanol–water partition coefficient (Wildman–Crippen LogP) is 2.75. The second kappa shape index (κ2) is 13.1. The summed E-state index contributed by atoms with van der Waals surface area (Å²) in [4.78, 5) is 18.0. The lowest BCUT2D eigenvalue weighted by molar-refractivity contribution is -0.119. The summed E-state index contributed by atoms with van der Waals surface area (Å²) in [6.45, 7) is 10.3. The molecule has 0 aliphatic carbocycles. The van der Waals surface area contributed by atoms with Gasteiger partial charge in [0.05, 0.1) is 0 Å². The molecule has 1 amide bonds. The summed E-state index contributed by atoms with van der Waals surface area (Å²) in [6, 6.07) is 7.74. The van der Waals surface area contributed by atoms with Gasteiger partial charge in [-0.3, -0.25) is 9.79 Å². The van der Waals surface area contributed by atoms with Crippen molar-refractivity contribution < 1.29 is 9.53 Å². The topological polar surface area (TPSA) is 80.0 Å². The number of primary amides is 1. The van der Waals surface area contributed by atoms with Crippen LogP contribution in [0.25, 0.3) is 0 Å². The highest BCUT2D eigenvalue weighted by Crippen LogP contribution is 2.24. The molecule has 158 valence electrons. The summed E-state index contributed by atoms with van der Waals surface area (Å²) >= 11 is 2.07. The Bertz CT molecular complexity index is 625. The lowest BCUT2D eigenvalue weighted by atomic mass is 10.1. The number of hydrogen-bond donors (Lipinski definition) is 2. The van der Waals surface area contributed by atoms with E-state index >= 15 is 0 Å². The number of aliphatic imine (C=N–C) groups is 1. The van der Waals surface area contributed by atoms with Crippen LogP contribution >= 0.6 is 35.7 Å². The van der Waals surface area contributed by atoms with Crippen LogP contribution < -0.4 is 15.8 Å². The predicted molar refractivity (Wildman–Crippen MR) is 129 cm³/mol. The third-order valence-electron chi connectivity index (χ3n) is 4.44. The maximum Gasteiger partial charge on any atom is 0.255 e. The van der Waals surface area contributed by atoms with Gasteiger partial charge in [-0.2, -0.15) is 11.8 Å². The Morgan fingerprint density at radius 2 is 2.11 bits per heavy atom. The quantitative estimate of drug-likeness (QED) is 0.313. The van der Waals surface area contributed by atoms with Crippen molar-refractivity contribution in [2.45, 2.75) is 32.4 Å². The van der Waals surface area contributed by atoms with Gasteiger partial charge in [-0.1, -0.05) is 26.0 Å². The van der Waals surface area contributed by atoms with Crippen LogP contribution in [0.3, 0.4) is 0 Å². The first-order valence-corrected chi connectivity index (χ1v) is 10.7. The van der Waals surface area contributed by atoms with Gasteiger partial charge < -0.3 is 20.7 Å². The molecule has 0 radical (unpaired) electrons. The molecule has 1 aromatic carbocycles. The van der Waals surface area contributed by atoms with Crippen molar-refractivity contribution in [3.05, 3.63) is 29.8 Å². The first-order valence-electron chi connectivity index (χ1n) is 9.64. The molecule has 2 rings (SSSR count). The summed E-state index contributed by atoms with van der Waals surface area (Å²) < 4.78 is 5.28. The van der Waals surface area contributed by atoms with Gasteiger partial charge in [0, 0.05) is 37.2 Å². The maximum absolute atomic E-state index is 10.8. The monoisotopic (exact) mass is 520 g/mol. The molecule has 0 saturated carbocycles. The Kier molecular flexibility index (Phi) is 11.7. The van der Waals surface area contributed by atoms with E-state index in [0.717, 1.165) is 44.3 Å². The number of halogens is 1. The van der Waals surface area contributed by atoms with Crippen molar-refractivity contribution in [2.75, 3.05) is 38.5 Å². The summed E-state index contributed by atoms with van der Waals surface area (Å²) in [5.74, 6) is 3.03. The fourth-order valence-electron chi connectivity index (χ4n) is 2.89. The minimum atomic E-state index is -0.472. The zero-order valence-electron chi connectivity index (χ0n) is 17.0. The van der Waals surface area contributed by atoms with E-state index in [9.17, 15) is 4.79 Å². The highest BCUT2D eigenvalue weighted by Gasteiger charge is 2.24. The first-order chi connectivity index (χ1) is 13.0. The molecule has 1 fully saturated rings. The number of nitrogens with two attached hydrogens (primary N) is 1. The number of carbonyl (C=O) groups is 1. The first kappa shape index (κ1) is 24.9. The molecule has 1 saturated heterocycles. The lowest BCUT2D eigenvalue weighted by Gasteiger charge is -2.36. The number of benzene rings is 1. The van der Waals surface area contributed by atoms with E-state index in [1.54, 1.807) is 0 Å². The van der Waals surface area contributed by atoms with Crippen LogP contribution in [0.5, 0.6) is 5.75 Å². The van der Waals surface area contributed by atoms with Crippen molar-refractivity contribution in [3.63, 3.8) is 0 Å². The Balaban J connectivity index is 0.00000392. The van der Waals surface area contributed by atoms with Crippen LogP contribution in [0.15, 0.2) is 29.3 Å². The van der Waals surface area contributed by atoms with Crippen LogP contribution in [-0.4, -0.2) is 60.6 Å². The van der Waals surface area contributed by atoms with E-state index in [1.807, 2.05) is 24.3 Å². The van der Waals surface area contributed by atoms with Crippen molar-refractivity contribution in [1.29, 1.82) is 0 Å². The normalized spacial score (nSPS) is 17.2. The van der Waals surface area contributed by atoms with Gasteiger partial charge >= 0.3 is 0 Å². The number of nitrogens with one attached hydrogen (secondary N) is 1. The molecule has 0 bridgehead atoms. The van der Waals surface area contributed by atoms with E-state index < -0.39 is 5.91 Å². The number of hydrogen-bond acceptors (Lipinski definition) is 4. The number of carbonyl (C=O) groups excluding carboxylic acids is 1. The molecule has 1 atom stereocenters. The minimum absolute atomic E-state index is 0. The molecule has 1 aliphatic heterocycles. The fraction of sp³-hybridized carbons (Fsp3) is 0.600. The SMILES string of the molecule is CCNC(=NCCc1ccc(OCC(N)=O)cc1)N1CCSC(C(C)C)C1.I. The van der Waals surface area contributed by atoms with E-state index in [0.29, 0.717) is 16.9 Å². The molecule has 28 heavy (non-hydrogen) atoms. The van der Waals surface area contributed by atoms with E-state index in [-0.39, 0.29) is 30.6 Å². The molecule has 0 spiro atoms. The third kappa shape index (κ3) is 8.46. The van der Waals surface area contributed by atoms with Crippen molar-refractivity contribution in [1.82, 2.24) is 10.2 Å². The average molecular weight is 520 g/mol. The molecule has 0 aromatic heterocycles. The molecule has 1 heterocycles. The van der Waals surface area contributed by atoms with Crippen LogP contribution in [0.2, 0.25) is 0 Å². The van der Waals surface area contributed by atoms with Crippen molar-refractivity contribution >= 4 is 47.6 Å². The highest BCUT2D eigenvalue weighted by atomic mass is 127. The Morgan fingerprint density at radius 3 is 2.71 bits per heavy atom. The number of guanidine groups is 1. The number of amides is 1. The van der Waals surface area contributed by atoms with Crippen molar-refractivity contribution in [3.8, 4) is 5.75 Å². The summed E-state index contributed by atoms with van der Waals surface area (Å²) in [7, 11) is 0. The zero-order chi connectivity index (χ0) is 19.6. The number of nitrogens with zero attached hydrogens (tertiary/aromatic N) is 2. The molecule has 1 aromatic rings. The number of thioether (sulfide) groups is 1. The molecular formula is C20H33IN4O2S. The van der Waals surface area contributed by atoms with Crippen LogP contribution in [-0.2, 0) is 11.2 Å². The molecule has 3 N–H and O–H groups in total. The van der Waals surface area contributed by atoms with Crippen LogP contribution in [0.4, 0.5) is 0 Å². The van der Waals surface area contributed by atoms with Gasteiger partial charge in [-0.25, -0.2) is 0 Å². The van der Waals surface area contributed by atoms with Gasteiger partial charge in [0.1, 0.15) is 5.75 Å². The smallest absolute Gasteiger partial charge is 0.255 e. The minimum Gasteiger partial charge on any atom is -0.484 e. The Labute approximate surface area is 190 Å². The second-order valence-electron chi connectivity index (χ2n) is 6.98. The van der Waals surface area contributed by atoms with Gasteiger partial charge in [0.15, 0.2) is 12.6 Å². The highest BCUT2D eigenvalue weighted by molar-refractivity contribution is 14.0. The van der Waals surface area contributed by atoms with Crippen LogP contribution in [0.1, 0.15) is 26.3 Å². The summed E-state index contributed by atoms with van der Waals surface area (Å²) in [6.07, 6.45) is 0.862. The zero-order valence-corrected chi connectivity index (χ0v) is 20.2. The largest absolute Gasteiger partial charge is 0.484 e. The average Bonchev–Trinajstić information content (AvgIpc) is 2.66. The summed E-state index contributed by atoms with van der Waals surface area (Å²) in [5, 5.41) is 4.10. The maximum atomic E-state index is 10.8. The number of rotatable bonds is 8.